The summed E-state index contributed by atoms with van der Waals surface area (Å²) in [4.78, 5) is 25.9. The quantitative estimate of drug-likeness (QED) is 0.818. The number of benzene rings is 1. The molecule has 1 heterocycles. The first kappa shape index (κ1) is 18.6. The van der Waals surface area contributed by atoms with Crippen molar-refractivity contribution in [2.75, 3.05) is 44.1 Å². The molecule has 0 aromatic heterocycles. The number of nitrogens with zero attached hydrogens (tertiary/aromatic N) is 1. The lowest BCUT2D eigenvalue weighted by atomic mass is 10.1. The SMILES string of the molecule is CCOc1cc(C(=O)N(C)C)ccc1NC(=O)CC1CSCCN1. The van der Waals surface area contributed by atoms with Gasteiger partial charge in [0, 0.05) is 50.2 Å². The van der Waals surface area contributed by atoms with E-state index >= 15 is 0 Å². The van der Waals surface area contributed by atoms with Crippen LogP contribution in [0.2, 0.25) is 0 Å². The zero-order chi connectivity index (χ0) is 17.5. The van der Waals surface area contributed by atoms with Crippen LogP contribution in [0.15, 0.2) is 18.2 Å². The van der Waals surface area contributed by atoms with E-state index in [1.54, 1.807) is 32.3 Å². The van der Waals surface area contributed by atoms with Crippen LogP contribution in [0, 0.1) is 0 Å². The van der Waals surface area contributed by atoms with Crippen molar-refractivity contribution in [3.63, 3.8) is 0 Å². The average molecular weight is 351 g/mol. The second-order valence-electron chi connectivity index (χ2n) is 5.82. The van der Waals surface area contributed by atoms with Gasteiger partial charge in [0.2, 0.25) is 5.91 Å². The Hall–Kier alpha value is -1.73. The van der Waals surface area contributed by atoms with Gasteiger partial charge < -0.3 is 20.3 Å². The third-order valence-electron chi connectivity index (χ3n) is 3.64. The summed E-state index contributed by atoms with van der Waals surface area (Å²) < 4.78 is 5.59. The number of ether oxygens (including phenoxy) is 1. The molecule has 0 spiro atoms. The van der Waals surface area contributed by atoms with E-state index in [1.807, 2.05) is 18.7 Å². The Morgan fingerprint density at radius 1 is 1.42 bits per heavy atom. The lowest BCUT2D eigenvalue weighted by molar-refractivity contribution is -0.116. The fourth-order valence-electron chi connectivity index (χ4n) is 2.47. The zero-order valence-corrected chi connectivity index (χ0v) is 15.2. The predicted octanol–water partition coefficient (Wildman–Crippen LogP) is 1.82. The van der Waals surface area contributed by atoms with E-state index in [9.17, 15) is 9.59 Å². The molecule has 1 atom stereocenters. The van der Waals surface area contributed by atoms with Gasteiger partial charge in [0.15, 0.2) is 0 Å². The molecule has 2 rings (SSSR count). The van der Waals surface area contributed by atoms with Gasteiger partial charge in [0.05, 0.1) is 12.3 Å². The highest BCUT2D eigenvalue weighted by atomic mass is 32.2. The Kier molecular flexibility index (Phi) is 6.93. The zero-order valence-electron chi connectivity index (χ0n) is 14.4. The van der Waals surface area contributed by atoms with Crippen molar-refractivity contribution in [2.45, 2.75) is 19.4 Å². The number of hydrogen-bond acceptors (Lipinski definition) is 5. The molecule has 1 saturated heterocycles. The van der Waals surface area contributed by atoms with Gasteiger partial charge in [0.1, 0.15) is 5.75 Å². The van der Waals surface area contributed by atoms with Crippen LogP contribution in [0.4, 0.5) is 5.69 Å². The van der Waals surface area contributed by atoms with E-state index in [1.165, 1.54) is 4.90 Å². The molecule has 7 heteroatoms. The number of amides is 2. The first-order chi connectivity index (χ1) is 11.5. The minimum Gasteiger partial charge on any atom is -0.492 e. The summed E-state index contributed by atoms with van der Waals surface area (Å²) in [6.07, 6.45) is 0.428. The van der Waals surface area contributed by atoms with Crippen molar-refractivity contribution in [3.8, 4) is 5.75 Å². The van der Waals surface area contributed by atoms with Gasteiger partial charge >= 0.3 is 0 Å². The van der Waals surface area contributed by atoms with E-state index in [-0.39, 0.29) is 17.9 Å². The van der Waals surface area contributed by atoms with Crippen molar-refractivity contribution in [1.82, 2.24) is 10.2 Å². The van der Waals surface area contributed by atoms with Crippen LogP contribution in [0.1, 0.15) is 23.7 Å². The molecule has 1 unspecified atom stereocenters. The van der Waals surface area contributed by atoms with Gasteiger partial charge in [-0.3, -0.25) is 9.59 Å². The van der Waals surface area contributed by atoms with Crippen LogP contribution >= 0.6 is 11.8 Å². The van der Waals surface area contributed by atoms with Crippen LogP contribution in [0.3, 0.4) is 0 Å². The number of hydrogen-bond donors (Lipinski definition) is 2. The molecule has 24 heavy (non-hydrogen) atoms. The van der Waals surface area contributed by atoms with Crippen LogP contribution in [-0.2, 0) is 4.79 Å². The van der Waals surface area contributed by atoms with Crippen LogP contribution < -0.4 is 15.4 Å². The molecule has 2 N–H and O–H groups in total. The fourth-order valence-corrected chi connectivity index (χ4v) is 3.42. The summed E-state index contributed by atoms with van der Waals surface area (Å²) in [5.74, 6) is 2.40. The molecule has 1 aromatic rings. The highest BCUT2D eigenvalue weighted by molar-refractivity contribution is 7.99. The number of thioether (sulfide) groups is 1. The first-order valence-electron chi connectivity index (χ1n) is 8.10. The number of carbonyl (C=O) groups is 2. The summed E-state index contributed by atoms with van der Waals surface area (Å²) in [6, 6.07) is 5.31. The standard InChI is InChI=1S/C17H25N3O3S/c1-4-23-15-9-12(17(22)20(2)3)5-6-14(15)19-16(21)10-13-11-24-8-7-18-13/h5-6,9,13,18H,4,7-8,10-11H2,1-3H3,(H,19,21). The average Bonchev–Trinajstić information content (AvgIpc) is 2.56. The highest BCUT2D eigenvalue weighted by Gasteiger charge is 2.18. The first-order valence-corrected chi connectivity index (χ1v) is 9.26. The maximum Gasteiger partial charge on any atom is 0.253 e. The highest BCUT2D eigenvalue weighted by Crippen LogP contribution is 2.27. The molecule has 1 aliphatic rings. The molecule has 0 saturated carbocycles. The Bertz CT molecular complexity index is 586. The molecule has 1 aliphatic heterocycles. The molecule has 0 bridgehead atoms. The Balaban J connectivity index is 2.07. The Labute approximate surface area is 147 Å². The van der Waals surface area contributed by atoms with Gasteiger partial charge in [0.25, 0.3) is 5.91 Å². The van der Waals surface area contributed by atoms with E-state index < -0.39 is 0 Å². The van der Waals surface area contributed by atoms with Gasteiger partial charge in [-0.25, -0.2) is 0 Å². The lowest BCUT2D eigenvalue weighted by Gasteiger charge is -2.22. The maximum absolute atomic E-state index is 12.3. The number of nitrogens with one attached hydrogen (secondary N) is 2. The van der Waals surface area contributed by atoms with Crippen molar-refractivity contribution < 1.29 is 14.3 Å². The minimum atomic E-state index is -0.0998. The van der Waals surface area contributed by atoms with Crippen molar-refractivity contribution in [2.24, 2.45) is 0 Å². The lowest BCUT2D eigenvalue weighted by Crippen LogP contribution is -2.39. The van der Waals surface area contributed by atoms with Crippen molar-refractivity contribution >= 4 is 29.3 Å². The van der Waals surface area contributed by atoms with Crippen molar-refractivity contribution in [1.29, 1.82) is 0 Å². The Morgan fingerprint density at radius 3 is 2.83 bits per heavy atom. The predicted molar refractivity (Wildman–Crippen MR) is 98.0 cm³/mol. The largest absolute Gasteiger partial charge is 0.492 e. The molecule has 1 aromatic carbocycles. The molecule has 1 fully saturated rings. The van der Waals surface area contributed by atoms with Gasteiger partial charge in [-0.15, -0.1) is 0 Å². The van der Waals surface area contributed by atoms with Gasteiger partial charge in [-0.1, -0.05) is 0 Å². The number of anilines is 1. The van der Waals surface area contributed by atoms with Crippen LogP contribution in [0.25, 0.3) is 0 Å². The number of carbonyl (C=O) groups excluding carboxylic acids is 2. The molecular formula is C17H25N3O3S. The molecule has 0 radical (unpaired) electrons. The molecule has 6 nitrogen and oxygen atoms in total. The number of rotatable bonds is 6. The van der Waals surface area contributed by atoms with Gasteiger partial charge in [-0.2, -0.15) is 11.8 Å². The van der Waals surface area contributed by atoms with E-state index in [4.69, 9.17) is 4.74 Å². The van der Waals surface area contributed by atoms with E-state index in [2.05, 4.69) is 10.6 Å². The molecule has 132 valence electrons. The summed E-state index contributed by atoms with van der Waals surface area (Å²) >= 11 is 1.86. The van der Waals surface area contributed by atoms with E-state index in [0.717, 1.165) is 18.1 Å². The minimum absolute atomic E-state index is 0.0531. The summed E-state index contributed by atoms with van der Waals surface area (Å²) in [5, 5.41) is 6.25. The normalized spacial score (nSPS) is 17.2. The van der Waals surface area contributed by atoms with Crippen LogP contribution in [-0.4, -0.2) is 61.5 Å². The summed E-state index contributed by atoms with van der Waals surface area (Å²) in [5.41, 5.74) is 1.13. The summed E-state index contributed by atoms with van der Waals surface area (Å²) in [7, 11) is 3.40. The Morgan fingerprint density at radius 2 is 2.21 bits per heavy atom. The smallest absolute Gasteiger partial charge is 0.253 e. The van der Waals surface area contributed by atoms with E-state index in [0.29, 0.717) is 30.0 Å². The van der Waals surface area contributed by atoms with Crippen molar-refractivity contribution in [3.05, 3.63) is 23.8 Å². The third-order valence-corrected chi connectivity index (χ3v) is 4.77. The van der Waals surface area contributed by atoms with Gasteiger partial charge in [-0.05, 0) is 25.1 Å². The fraction of sp³-hybridized carbons (Fsp3) is 0.529. The monoisotopic (exact) mass is 351 g/mol. The molecule has 2 amide bonds. The molecule has 0 aliphatic carbocycles. The summed E-state index contributed by atoms with van der Waals surface area (Å²) in [6.45, 7) is 3.27. The maximum atomic E-state index is 12.3. The second kappa shape index (κ2) is 8.94. The topological polar surface area (TPSA) is 70.7 Å². The third kappa shape index (κ3) is 5.14. The molecular weight excluding hydrogens is 326 g/mol. The van der Waals surface area contributed by atoms with Crippen LogP contribution in [0.5, 0.6) is 5.75 Å². The second-order valence-corrected chi connectivity index (χ2v) is 6.97.